The third kappa shape index (κ3) is 2.88. The average Bonchev–Trinajstić information content (AvgIpc) is 2.87. The molecule has 0 spiro atoms. The van der Waals surface area contributed by atoms with E-state index in [1.54, 1.807) is 0 Å². The van der Waals surface area contributed by atoms with Crippen molar-refractivity contribution in [3.8, 4) is 0 Å². The lowest BCUT2D eigenvalue weighted by Gasteiger charge is -2.30. The Balaban J connectivity index is 1.57. The summed E-state index contributed by atoms with van der Waals surface area (Å²) in [5.74, 6) is 0.706. The molecule has 0 amide bonds. The van der Waals surface area contributed by atoms with Crippen LogP contribution in [0.1, 0.15) is 19.8 Å². The van der Waals surface area contributed by atoms with Crippen LogP contribution in [0.25, 0.3) is 11.1 Å². The Morgan fingerprint density at radius 2 is 2.20 bits per heavy atom. The van der Waals surface area contributed by atoms with Crippen LogP contribution in [-0.2, 0) is 0 Å². The first-order valence-electron chi connectivity index (χ1n) is 7.37. The molecular weight excluding hydrogens is 252 g/mol. The van der Waals surface area contributed by atoms with Crippen LogP contribution in [0.15, 0.2) is 22.6 Å². The van der Waals surface area contributed by atoms with Crippen LogP contribution in [0.5, 0.6) is 0 Å². The van der Waals surface area contributed by atoms with Gasteiger partial charge in [0.1, 0.15) is 5.52 Å². The molecular formula is C15H22N4O. The second kappa shape index (κ2) is 5.71. The zero-order valence-corrected chi connectivity index (χ0v) is 11.9. The molecule has 2 heterocycles. The highest BCUT2D eigenvalue weighted by Gasteiger charge is 2.18. The van der Waals surface area contributed by atoms with Crippen LogP contribution in [0.4, 0.5) is 11.7 Å². The van der Waals surface area contributed by atoms with Gasteiger partial charge in [0.25, 0.3) is 6.01 Å². The third-order valence-electron chi connectivity index (χ3n) is 4.11. The summed E-state index contributed by atoms with van der Waals surface area (Å²) in [4.78, 5) is 6.92. The van der Waals surface area contributed by atoms with E-state index in [9.17, 15) is 0 Å². The molecule has 5 heteroatoms. The van der Waals surface area contributed by atoms with Crippen molar-refractivity contribution < 1.29 is 4.42 Å². The fourth-order valence-corrected chi connectivity index (χ4v) is 2.76. The van der Waals surface area contributed by atoms with Gasteiger partial charge in [0.05, 0.1) is 0 Å². The summed E-state index contributed by atoms with van der Waals surface area (Å²) in [6, 6.07) is 6.14. The first kappa shape index (κ1) is 13.2. The Hall–Kier alpha value is -1.75. The SMILES string of the molecule is CCN1CCC(CNc2nc3ccc(N)cc3o2)CC1. The zero-order chi connectivity index (χ0) is 13.9. The Kier molecular flexibility index (Phi) is 3.78. The number of nitrogens with zero attached hydrogens (tertiary/aromatic N) is 2. The van der Waals surface area contributed by atoms with Gasteiger partial charge >= 0.3 is 0 Å². The monoisotopic (exact) mass is 274 g/mol. The van der Waals surface area contributed by atoms with Crippen LogP contribution >= 0.6 is 0 Å². The first-order valence-corrected chi connectivity index (χ1v) is 7.37. The van der Waals surface area contributed by atoms with Crippen LogP contribution in [-0.4, -0.2) is 36.1 Å². The van der Waals surface area contributed by atoms with Crippen molar-refractivity contribution in [3.63, 3.8) is 0 Å². The standard InChI is InChI=1S/C15H22N4O/c1-2-19-7-5-11(6-8-19)10-17-15-18-13-4-3-12(16)9-14(13)20-15/h3-4,9,11H,2,5-8,10,16H2,1H3,(H,17,18). The van der Waals surface area contributed by atoms with Gasteiger partial charge in [0, 0.05) is 18.3 Å². The Labute approximate surface area is 119 Å². The topological polar surface area (TPSA) is 67.3 Å². The molecule has 0 saturated carbocycles. The molecule has 0 aliphatic carbocycles. The first-order chi connectivity index (χ1) is 9.74. The van der Waals surface area contributed by atoms with Crippen molar-refractivity contribution in [1.82, 2.24) is 9.88 Å². The van der Waals surface area contributed by atoms with Crippen molar-refractivity contribution in [2.24, 2.45) is 5.92 Å². The number of rotatable bonds is 4. The van der Waals surface area contributed by atoms with Gasteiger partial charge in [-0.1, -0.05) is 6.92 Å². The van der Waals surface area contributed by atoms with Gasteiger partial charge in [-0.2, -0.15) is 4.98 Å². The molecule has 1 aromatic carbocycles. The smallest absolute Gasteiger partial charge is 0.295 e. The van der Waals surface area contributed by atoms with Gasteiger partial charge in [-0.05, 0) is 50.5 Å². The lowest BCUT2D eigenvalue weighted by Crippen LogP contribution is -2.35. The van der Waals surface area contributed by atoms with Crippen LogP contribution in [0, 0.1) is 5.92 Å². The minimum Gasteiger partial charge on any atom is -0.423 e. The molecule has 3 N–H and O–H groups in total. The molecule has 20 heavy (non-hydrogen) atoms. The number of nitrogens with one attached hydrogen (secondary N) is 1. The Morgan fingerprint density at radius 1 is 1.40 bits per heavy atom. The van der Waals surface area contributed by atoms with Crippen molar-refractivity contribution in [2.75, 3.05) is 37.2 Å². The maximum atomic E-state index is 5.74. The van der Waals surface area contributed by atoms with E-state index in [0.29, 0.717) is 17.6 Å². The molecule has 0 atom stereocenters. The van der Waals surface area contributed by atoms with E-state index in [1.807, 2.05) is 18.2 Å². The maximum absolute atomic E-state index is 5.74. The third-order valence-corrected chi connectivity index (χ3v) is 4.11. The summed E-state index contributed by atoms with van der Waals surface area (Å²) in [5.41, 5.74) is 8.03. The average molecular weight is 274 g/mol. The second-order valence-corrected chi connectivity index (χ2v) is 5.50. The summed E-state index contributed by atoms with van der Waals surface area (Å²) in [6.07, 6.45) is 2.49. The van der Waals surface area contributed by atoms with E-state index in [1.165, 1.54) is 25.9 Å². The second-order valence-electron chi connectivity index (χ2n) is 5.50. The van der Waals surface area contributed by atoms with E-state index >= 15 is 0 Å². The molecule has 0 bridgehead atoms. The molecule has 1 fully saturated rings. The van der Waals surface area contributed by atoms with Gasteiger partial charge in [-0.25, -0.2) is 0 Å². The van der Waals surface area contributed by atoms with Gasteiger partial charge in [0.15, 0.2) is 5.58 Å². The number of benzene rings is 1. The van der Waals surface area contributed by atoms with Gasteiger partial charge in [-0.15, -0.1) is 0 Å². The van der Waals surface area contributed by atoms with Gasteiger partial charge in [0.2, 0.25) is 0 Å². The van der Waals surface area contributed by atoms with Crippen molar-refractivity contribution in [3.05, 3.63) is 18.2 Å². The number of oxazole rings is 1. The fraction of sp³-hybridized carbons (Fsp3) is 0.533. The maximum Gasteiger partial charge on any atom is 0.295 e. The molecule has 2 aromatic rings. The zero-order valence-electron chi connectivity index (χ0n) is 11.9. The van der Waals surface area contributed by atoms with E-state index < -0.39 is 0 Å². The van der Waals surface area contributed by atoms with Gasteiger partial charge < -0.3 is 20.4 Å². The number of nitrogens with two attached hydrogens (primary N) is 1. The van der Waals surface area contributed by atoms with Crippen LogP contribution in [0.2, 0.25) is 0 Å². The Morgan fingerprint density at radius 3 is 2.95 bits per heavy atom. The number of fused-ring (bicyclic) bond motifs is 1. The quantitative estimate of drug-likeness (QED) is 0.839. The summed E-state index contributed by atoms with van der Waals surface area (Å²) in [7, 11) is 0. The minimum atomic E-state index is 0.600. The molecule has 1 aliphatic heterocycles. The predicted molar refractivity (Wildman–Crippen MR) is 81.7 cm³/mol. The van der Waals surface area contributed by atoms with Crippen molar-refractivity contribution >= 4 is 22.8 Å². The highest BCUT2D eigenvalue weighted by molar-refractivity contribution is 5.78. The van der Waals surface area contributed by atoms with E-state index in [0.717, 1.165) is 24.2 Å². The molecule has 1 aromatic heterocycles. The van der Waals surface area contributed by atoms with E-state index in [4.69, 9.17) is 10.2 Å². The summed E-state index contributed by atoms with van der Waals surface area (Å²) < 4.78 is 5.67. The van der Waals surface area contributed by atoms with Crippen LogP contribution in [0.3, 0.4) is 0 Å². The highest BCUT2D eigenvalue weighted by atomic mass is 16.4. The molecule has 1 saturated heterocycles. The molecule has 3 rings (SSSR count). The lowest BCUT2D eigenvalue weighted by molar-refractivity contribution is 0.197. The molecule has 0 unspecified atom stereocenters. The number of anilines is 2. The lowest BCUT2D eigenvalue weighted by atomic mass is 9.97. The van der Waals surface area contributed by atoms with Crippen LogP contribution < -0.4 is 11.1 Å². The number of aromatic nitrogens is 1. The largest absolute Gasteiger partial charge is 0.423 e. The van der Waals surface area contributed by atoms with E-state index in [-0.39, 0.29) is 0 Å². The number of piperidine rings is 1. The summed E-state index contributed by atoms with van der Waals surface area (Å²) in [6.45, 7) is 6.72. The molecule has 1 aliphatic rings. The number of likely N-dealkylation sites (tertiary alicyclic amines) is 1. The van der Waals surface area contributed by atoms with Crippen molar-refractivity contribution in [1.29, 1.82) is 0 Å². The predicted octanol–water partition coefficient (Wildman–Crippen LogP) is 2.55. The van der Waals surface area contributed by atoms with E-state index in [2.05, 4.69) is 22.1 Å². The van der Waals surface area contributed by atoms with Gasteiger partial charge in [-0.3, -0.25) is 0 Å². The summed E-state index contributed by atoms with van der Waals surface area (Å²) in [5, 5.41) is 3.32. The highest BCUT2D eigenvalue weighted by Crippen LogP contribution is 2.22. The fourth-order valence-electron chi connectivity index (χ4n) is 2.76. The normalized spacial score (nSPS) is 17.6. The number of hydrogen-bond donors (Lipinski definition) is 2. The molecule has 108 valence electrons. The summed E-state index contributed by atoms with van der Waals surface area (Å²) >= 11 is 0. The Bertz CT molecular complexity index is 572. The number of hydrogen-bond acceptors (Lipinski definition) is 5. The van der Waals surface area contributed by atoms with Crippen molar-refractivity contribution in [2.45, 2.75) is 19.8 Å². The number of nitrogen functional groups attached to an aromatic ring is 1. The minimum absolute atomic E-state index is 0.600. The molecule has 0 radical (unpaired) electrons. The molecule has 5 nitrogen and oxygen atoms in total.